The lowest BCUT2D eigenvalue weighted by molar-refractivity contribution is -0.189. The van der Waals surface area contributed by atoms with Gasteiger partial charge in [-0.15, -0.1) is 0 Å². The largest absolute Gasteiger partial charge is 0.432 e. The summed E-state index contributed by atoms with van der Waals surface area (Å²) in [6, 6.07) is 1.07. The molecule has 1 aliphatic rings. The SMILES string of the molecule is CCOCC1CC=C(c2cc(F)c(C(F)(F)Oc3cc(F)c(C(F)(F)F)c(F)c3)c(F)c2)CC1. The molecule has 0 saturated carbocycles. The van der Waals surface area contributed by atoms with E-state index in [1.807, 2.05) is 6.92 Å². The molecule has 0 heterocycles. The first-order valence-electron chi connectivity index (χ1n) is 10.2. The van der Waals surface area contributed by atoms with E-state index in [1.54, 1.807) is 6.08 Å². The van der Waals surface area contributed by atoms with Gasteiger partial charge >= 0.3 is 12.3 Å². The van der Waals surface area contributed by atoms with E-state index in [4.69, 9.17) is 4.74 Å². The third kappa shape index (κ3) is 5.68. The van der Waals surface area contributed by atoms with Gasteiger partial charge in [-0.1, -0.05) is 6.08 Å². The smallest absolute Gasteiger partial charge is 0.429 e. The molecule has 11 heteroatoms. The number of hydrogen-bond donors (Lipinski definition) is 0. The van der Waals surface area contributed by atoms with Crippen LogP contribution in [0, 0.1) is 29.2 Å². The van der Waals surface area contributed by atoms with Crippen LogP contribution in [-0.4, -0.2) is 13.2 Å². The van der Waals surface area contributed by atoms with Crippen LogP contribution in [0.4, 0.5) is 39.5 Å². The van der Waals surface area contributed by atoms with Gasteiger partial charge in [-0.3, -0.25) is 0 Å². The lowest BCUT2D eigenvalue weighted by Gasteiger charge is -2.23. The maximum absolute atomic E-state index is 14.5. The molecule has 1 unspecified atom stereocenters. The number of rotatable bonds is 7. The zero-order chi connectivity index (χ0) is 25.3. The molecular formula is C23H19F9O2. The van der Waals surface area contributed by atoms with Gasteiger partial charge in [0.2, 0.25) is 0 Å². The number of benzene rings is 2. The quantitative estimate of drug-likeness (QED) is 0.366. The molecule has 0 N–H and O–H groups in total. The Balaban J connectivity index is 1.85. The van der Waals surface area contributed by atoms with Crippen LogP contribution in [0.2, 0.25) is 0 Å². The van der Waals surface area contributed by atoms with Crippen molar-refractivity contribution in [2.24, 2.45) is 5.92 Å². The minimum absolute atomic E-state index is 0.0380. The van der Waals surface area contributed by atoms with Crippen molar-refractivity contribution in [3.8, 4) is 5.75 Å². The third-order valence-electron chi connectivity index (χ3n) is 5.33. The second kappa shape index (κ2) is 9.89. The Morgan fingerprint density at radius 3 is 1.88 bits per heavy atom. The van der Waals surface area contributed by atoms with Crippen LogP contribution in [-0.2, 0) is 17.0 Å². The highest BCUT2D eigenvalue weighted by molar-refractivity contribution is 5.66. The summed E-state index contributed by atoms with van der Waals surface area (Å²) in [5, 5.41) is 0. The van der Waals surface area contributed by atoms with Crippen LogP contribution in [0.15, 0.2) is 30.3 Å². The fraction of sp³-hybridized carbons (Fsp3) is 0.391. The van der Waals surface area contributed by atoms with Crippen LogP contribution in [0.1, 0.15) is 42.9 Å². The number of alkyl halides is 5. The Morgan fingerprint density at radius 2 is 1.41 bits per heavy atom. The molecule has 0 spiro atoms. The van der Waals surface area contributed by atoms with Gasteiger partial charge < -0.3 is 9.47 Å². The van der Waals surface area contributed by atoms with Gasteiger partial charge in [-0.2, -0.15) is 22.0 Å². The number of halogens is 9. The predicted molar refractivity (Wildman–Crippen MR) is 104 cm³/mol. The van der Waals surface area contributed by atoms with E-state index >= 15 is 0 Å². The zero-order valence-corrected chi connectivity index (χ0v) is 17.7. The fourth-order valence-corrected chi connectivity index (χ4v) is 3.70. The van der Waals surface area contributed by atoms with E-state index < -0.39 is 52.4 Å². The topological polar surface area (TPSA) is 18.5 Å². The lowest BCUT2D eigenvalue weighted by atomic mass is 9.86. The van der Waals surface area contributed by atoms with Crippen molar-refractivity contribution in [3.05, 3.63) is 70.3 Å². The molecule has 2 nitrogen and oxygen atoms in total. The summed E-state index contributed by atoms with van der Waals surface area (Å²) < 4.78 is 133. The van der Waals surface area contributed by atoms with Crippen molar-refractivity contribution in [1.82, 2.24) is 0 Å². The zero-order valence-electron chi connectivity index (χ0n) is 17.7. The van der Waals surface area contributed by atoms with Gasteiger partial charge in [0.1, 0.15) is 40.1 Å². The Morgan fingerprint density at radius 1 is 0.853 bits per heavy atom. The van der Waals surface area contributed by atoms with E-state index in [0.29, 0.717) is 50.2 Å². The first kappa shape index (κ1) is 25.9. The van der Waals surface area contributed by atoms with Gasteiger partial charge in [-0.05, 0) is 55.4 Å². The number of hydrogen-bond acceptors (Lipinski definition) is 2. The summed E-state index contributed by atoms with van der Waals surface area (Å²) in [5.74, 6) is -8.98. The summed E-state index contributed by atoms with van der Waals surface area (Å²) in [4.78, 5) is 0. The summed E-state index contributed by atoms with van der Waals surface area (Å²) in [5.41, 5.74) is -3.57. The Hall–Kier alpha value is -2.69. The van der Waals surface area contributed by atoms with Gasteiger partial charge in [0.15, 0.2) is 0 Å². The second-order valence-corrected chi connectivity index (χ2v) is 7.72. The molecule has 3 rings (SSSR count). The van der Waals surface area contributed by atoms with Gasteiger partial charge in [-0.25, -0.2) is 17.6 Å². The maximum Gasteiger partial charge on any atom is 0.432 e. The highest BCUT2D eigenvalue weighted by Gasteiger charge is 2.43. The van der Waals surface area contributed by atoms with E-state index in [-0.39, 0.29) is 23.6 Å². The molecule has 1 atom stereocenters. The molecule has 0 aromatic heterocycles. The summed E-state index contributed by atoms with van der Waals surface area (Å²) in [7, 11) is 0. The Labute approximate surface area is 189 Å². The molecule has 0 aliphatic heterocycles. The van der Waals surface area contributed by atoms with Crippen molar-refractivity contribution in [3.63, 3.8) is 0 Å². The minimum atomic E-state index is -5.43. The molecular weight excluding hydrogens is 479 g/mol. The van der Waals surface area contributed by atoms with Crippen LogP contribution in [0.5, 0.6) is 5.75 Å². The molecule has 0 saturated heterocycles. The van der Waals surface area contributed by atoms with Crippen LogP contribution in [0.3, 0.4) is 0 Å². The van der Waals surface area contributed by atoms with Crippen LogP contribution < -0.4 is 4.74 Å². The molecule has 0 radical (unpaired) electrons. The van der Waals surface area contributed by atoms with Crippen molar-refractivity contribution in [1.29, 1.82) is 0 Å². The maximum atomic E-state index is 14.5. The van der Waals surface area contributed by atoms with Gasteiger partial charge in [0, 0.05) is 25.3 Å². The molecule has 0 bridgehead atoms. The molecule has 0 amide bonds. The van der Waals surface area contributed by atoms with E-state index in [0.717, 1.165) is 0 Å². The average Bonchev–Trinajstić information content (AvgIpc) is 2.69. The molecule has 0 fully saturated rings. The standard InChI is InChI=1S/C23H19F9O2/c1-2-33-11-12-3-5-13(6-4-12)14-7-16(24)21(17(25)8-14)23(31,32)34-15-9-18(26)20(19(27)10-15)22(28,29)30/h5,7-10,12H,2-4,6,11H2,1H3. The minimum Gasteiger partial charge on any atom is -0.429 e. The van der Waals surface area contributed by atoms with Crippen molar-refractivity contribution >= 4 is 5.57 Å². The Kier molecular flexibility index (Phi) is 7.54. The highest BCUT2D eigenvalue weighted by Crippen LogP contribution is 2.40. The lowest BCUT2D eigenvalue weighted by Crippen LogP contribution is -2.26. The van der Waals surface area contributed by atoms with Gasteiger partial charge in [0.05, 0.1) is 0 Å². The van der Waals surface area contributed by atoms with Crippen molar-refractivity contribution in [2.75, 3.05) is 13.2 Å². The first-order chi connectivity index (χ1) is 15.8. The molecule has 186 valence electrons. The number of allylic oxidation sites excluding steroid dienone is 2. The van der Waals surface area contributed by atoms with Gasteiger partial charge in [0.25, 0.3) is 0 Å². The van der Waals surface area contributed by atoms with Crippen molar-refractivity contribution in [2.45, 2.75) is 38.5 Å². The van der Waals surface area contributed by atoms with E-state index in [1.165, 1.54) is 0 Å². The summed E-state index contributed by atoms with van der Waals surface area (Å²) in [6.45, 7) is 2.92. The second-order valence-electron chi connectivity index (χ2n) is 7.72. The first-order valence-corrected chi connectivity index (χ1v) is 10.2. The predicted octanol–water partition coefficient (Wildman–Crippen LogP) is 7.61. The van der Waals surface area contributed by atoms with Crippen LogP contribution in [0.25, 0.3) is 5.57 Å². The van der Waals surface area contributed by atoms with Crippen LogP contribution >= 0.6 is 0 Å². The highest BCUT2D eigenvalue weighted by atomic mass is 19.4. The summed E-state index contributed by atoms with van der Waals surface area (Å²) in [6.07, 6.45) is -6.79. The Bertz CT molecular complexity index is 1030. The third-order valence-corrected chi connectivity index (χ3v) is 5.33. The molecule has 1 aliphatic carbocycles. The molecule has 34 heavy (non-hydrogen) atoms. The fourth-order valence-electron chi connectivity index (χ4n) is 3.70. The monoisotopic (exact) mass is 498 g/mol. The molecule has 2 aromatic carbocycles. The average molecular weight is 498 g/mol. The summed E-state index contributed by atoms with van der Waals surface area (Å²) >= 11 is 0. The normalized spacial score (nSPS) is 17.0. The number of ether oxygens (including phenoxy) is 2. The van der Waals surface area contributed by atoms with Crippen molar-refractivity contribution < 1.29 is 49.0 Å². The van der Waals surface area contributed by atoms with E-state index in [2.05, 4.69) is 4.74 Å². The molecule has 2 aromatic rings. The van der Waals surface area contributed by atoms with E-state index in [9.17, 15) is 39.5 Å².